The average molecular weight is 307 g/mol. The third-order valence-electron chi connectivity index (χ3n) is 3.81. The summed E-state index contributed by atoms with van der Waals surface area (Å²) in [6.45, 7) is 5.35. The van der Waals surface area contributed by atoms with Gasteiger partial charge in [0.15, 0.2) is 0 Å². The van der Waals surface area contributed by atoms with E-state index in [0.29, 0.717) is 25.9 Å². The molecule has 1 aliphatic heterocycles. The highest BCUT2D eigenvalue weighted by atomic mass is 16.5. The third-order valence-corrected chi connectivity index (χ3v) is 3.81. The number of rotatable bonds is 5. The summed E-state index contributed by atoms with van der Waals surface area (Å²) >= 11 is 0. The Bertz CT molecular complexity index is 485. The molecule has 1 saturated heterocycles. The quantitative estimate of drug-likeness (QED) is 0.837. The highest BCUT2D eigenvalue weighted by Gasteiger charge is 2.25. The van der Waals surface area contributed by atoms with Crippen molar-refractivity contribution in [1.29, 1.82) is 0 Å². The fourth-order valence-electron chi connectivity index (χ4n) is 2.80. The van der Waals surface area contributed by atoms with Crippen LogP contribution >= 0.6 is 0 Å². The Hall–Kier alpha value is -1.75. The maximum atomic E-state index is 12.4. The van der Waals surface area contributed by atoms with Gasteiger partial charge in [-0.05, 0) is 38.0 Å². The summed E-state index contributed by atoms with van der Waals surface area (Å²) in [5.74, 6) is 1.66. The van der Waals surface area contributed by atoms with Gasteiger partial charge >= 0.3 is 0 Å². The number of methoxy groups -OCH3 is 2. The Kier molecular flexibility index (Phi) is 5.66. The second-order valence-corrected chi connectivity index (χ2v) is 5.78. The zero-order chi connectivity index (χ0) is 16.1. The summed E-state index contributed by atoms with van der Waals surface area (Å²) in [6, 6.07) is 5.72. The Morgan fingerprint density at radius 3 is 2.18 bits per heavy atom. The molecule has 1 aliphatic rings. The molecule has 122 valence electrons. The fourth-order valence-corrected chi connectivity index (χ4v) is 2.80. The molecule has 1 amide bonds. The number of amides is 1. The second kappa shape index (κ2) is 7.49. The Labute approximate surface area is 132 Å². The van der Waals surface area contributed by atoms with E-state index in [1.165, 1.54) is 0 Å². The maximum absolute atomic E-state index is 12.4. The van der Waals surface area contributed by atoms with Gasteiger partial charge in [-0.1, -0.05) is 0 Å². The molecular weight excluding hydrogens is 282 g/mol. The highest BCUT2D eigenvalue weighted by Crippen LogP contribution is 2.23. The highest BCUT2D eigenvalue weighted by molar-refractivity contribution is 5.76. The lowest BCUT2D eigenvalue weighted by Crippen LogP contribution is -2.48. The molecule has 0 spiro atoms. The molecule has 0 N–H and O–H groups in total. The van der Waals surface area contributed by atoms with E-state index in [0.717, 1.165) is 17.1 Å². The molecular formula is C17H25NO4. The molecule has 1 aromatic carbocycles. The molecule has 2 atom stereocenters. The van der Waals surface area contributed by atoms with Crippen LogP contribution < -0.4 is 9.47 Å². The van der Waals surface area contributed by atoms with E-state index >= 15 is 0 Å². The van der Waals surface area contributed by atoms with Crippen molar-refractivity contribution >= 4 is 5.91 Å². The Morgan fingerprint density at radius 1 is 1.14 bits per heavy atom. The van der Waals surface area contributed by atoms with Crippen molar-refractivity contribution in [3.05, 3.63) is 23.8 Å². The SMILES string of the molecule is COc1cc(CCC(=O)N2CC(C)OC(C)C2)cc(OC)c1. The van der Waals surface area contributed by atoms with Crippen LogP contribution in [-0.2, 0) is 16.0 Å². The lowest BCUT2D eigenvalue weighted by molar-refractivity contribution is -0.143. The zero-order valence-corrected chi connectivity index (χ0v) is 13.8. The van der Waals surface area contributed by atoms with Crippen molar-refractivity contribution in [3.8, 4) is 11.5 Å². The summed E-state index contributed by atoms with van der Waals surface area (Å²) in [6.07, 6.45) is 1.36. The lowest BCUT2D eigenvalue weighted by atomic mass is 10.1. The number of aryl methyl sites for hydroxylation is 1. The van der Waals surface area contributed by atoms with Crippen LogP contribution in [0.25, 0.3) is 0 Å². The van der Waals surface area contributed by atoms with Crippen LogP contribution in [0.1, 0.15) is 25.8 Å². The predicted octanol–water partition coefficient (Wildman–Crippen LogP) is 2.27. The van der Waals surface area contributed by atoms with Crippen LogP contribution in [-0.4, -0.2) is 50.3 Å². The molecule has 0 aliphatic carbocycles. The molecule has 22 heavy (non-hydrogen) atoms. The fraction of sp³-hybridized carbons (Fsp3) is 0.588. The van der Waals surface area contributed by atoms with Gasteiger partial charge in [0, 0.05) is 25.6 Å². The number of hydrogen-bond donors (Lipinski definition) is 0. The van der Waals surface area contributed by atoms with Crippen LogP contribution in [0, 0.1) is 0 Å². The van der Waals surface area contributed by atoms with E-state index in [-0.39, 0.29) is 18.1 Å². The summed E-state index contributed by atoms with van der Waals surface area (Å²) in [7, 11) is 3.25. The lowest BCUT2D eigenvalue weighted by Gasteiger charge is -2.35. The number of ether oxygens (including phenoxy) is 3. The number of carbonyl (C=O) groups excluding carboxylic acids is 1. The van der Waals surface area contributed by atoms with Gasteiger partial charge < -0.3 is 19.1 Å². The molecule has 0 radical (unpaired) electrons. The van der Waals surface area contributed by atoms with Crippen molar-refractivity contribution in [2.75, 3.05) is 27.3 Å². The zero-order valence-electron chi connectivity index (χ0n) is 13.8. The van der Waals surface area contributed by atoms with Crippen LogP contribution in [0.15, 0.2) is 18.2 Å². The van der Waals surface area contributed by atoms with E-state index in [4.69, 9.17) is 14.2 Å². The van der Waals surface area contributed by atoms with Gasteiger partial charge in [-0.25, -0.2) is 0 Å². The molecule has 5 nitrogen and oxygen atoms in total. The first-order chi connectivity index (χ1) is 10.5. The number of hydrogen-bond acceptors (Lipinski definition) is 4. The van der Waals surface area contributed by atoms with E-state index in [1.807, 2.05) is 36.9 Å². The van der Waals surface area contributed by atoms with Crippen LogP contribution in [0.2, 0.25) is 0 Å². The average Bonchev–Trinajstić information content (AvgIpc) is 2.51. The summed E-state index contributed by atoms with van der Waals surface area (Å²) in [5.41, 5.74) is 1.04. The van der Waals surface area contributed by atoms with Crippen molar-refractivity contribution in [1.82, 2.24) is 4.90 Å². The largest absolute Gasteiger partial charge is 0.497 e. The minimum atomic E-state index is 0.101. The van der Waals surface area contributed by atoms with Crippen LogP contribution in [0.3, 0.4) is 0 Å². The predicted molar refractivity (Wildman–Crippen MR) is 84.5 cm³/mol. The van der Waals surface area contributed by atoms with Crippen molar-refractivity contribution < 1.29 is 19.0 Å². The van der Waals surface area contributed by atoms with Crippen LogP contribution in [0.5, 0.6) is 11.5 Å². The molecule has 5 heteroatoms. The van der Waals surface area contributed by atoms with Crippen molar-refractivity contribution in [3.63, 3.8) is 0 Å². The van der Waals surface area contributed by atoms with E-state index in [2.05, 4.69) is 0 Å². The van der Waals surface area contributed by atoms with Gasteiger partial charge in [-0.2, -0.15) is 0 Å². The van der Waals surface area contributed by atoms with Gasteiger partial charge in [0.25, 0.3) is 0 Å². The van der Waals surface area contributed by atoms with Crippen molar-refractivity contribution in [2.24, 2.45) is 0 Å². The molecule has 2 rings (SSSR count). The first-order valence-electron chi connectivity index (χ1n) is 7.67. The summed E-state index contributed by atoms with van der Waals surface area (Å²) < 4.78 is 16.2. The van der Waals surface area contributed by atoms with Crippen molar-refractivity contribution in [2.45, 2.75) is 38.9 Å². The standard InChI is InChI=1S/C17H25NO4/c1-12-10-18(11-13(2)22-12)17(19)6-5-14-7-15(20-3)9-16(8-14)21-4/h7-9,12-13H,5-6,10-11H2,1-4H3. The first-order valence-corrected chi connectivity index (χ1v) is 7.67. The Balaban J connectivity index is 1.96. The monoisotopic (exact) mass is 307 g/mol. The number of carbonyl (C=O) groups is 1. The van der Waals surface area contributed by atoms with Gasteiger partial charge in [0.05, 0.1) is 26.4 Å². The maximum Gasteiger partial charge on any atom is 0.223 e. The summed E-state index contributed by atoms with van der Waals surface area (Å²) in [5, 5.41) is 0. The molecule has 1 aromatic rings. The van der Waals surface area contributed by atoms with Gasteiger partial charge in [0.1, 0.15) is 11.5 Å². The molecule has 1 fully saturated rings. The van der Waals surface area contributed by atoms with Gasteiger partial charge in [0.2, 0.25) is 5.91 Å². The molecule has 1 heterocycles. The van der Waals surface area contributed by atoms with E-state index in [9.17, 15) is 4.79 Å². The smallest absolute Gasteiger partial charge is 0.223 e. The topological polar surface area (TPSA) is 48.0 Å². The summed E-state index contributed by atoms with van der Waals surface area (Å²) in [4.78, 5) is 14.3. The third kappa shape index (κ3) is 4.37. The molecule has 0 saturated carbocycles. The van der Waals surface area contributed by atoms with Crippen LogP contribution in [0.4, 0.5) is 0 Å². The minimum Gasteiger partial charge on any atom is -0.497 e. The van der Waals surface area contributed by atoms with E-state index in [1.54, 1.807) is 14.2 Å². The second-order valence-electron chi connectivity index (χ2n) is 5.78. The number of benzene rings is 1. The minimum absolute atomic E-state index is 0.101. The van der Waals surface area contributed by atoms with Gasteiger partial charge in [-0.3, -0.25) is 4.79 Å². The molecule has 2 unspecified atom stereocenters. The Morgan fingerprint density at radius 2 is 1.68 bits per heavy atom. The van der Waals surface area contributed by atoms with Gasteiger partial charge in [-0.15, -0.1) is 0 Å². The molecule has 0 aromatic heterocycles. The van der Waals surface area contributed by atoms with E-state index < -0.39 is 0 Å². The normalized spacial score (nSPS) is 21.5. The number of nitrogens with zero attached hydrogens (tertiary/aromatic N) is 1. The number of morpholine rings is 1. The molecule has 0 bridgehead atoms. The first kappa shape index (κ1) is 16.6.